The van der Waals surface area contributed by atoms with Crippen LogP contribution in [0, 0.1) is 0 Å². The van der Waals surface area contributed by atoms with Crippen LogP contribution in [0.4, 0.5) is 0 Å². The van der Waals surface area contributed by atoms with E-state index in [9.17, 15) is 4.79 Å². The van der Waals surface area contributed by atoms with Crippen LogP contribution >= 0.6 is 12.4 Å². The molecule has 0 saturated carbocycles. The van der Waals surface area contributed by atoms with Gasteiger partial charge < -0.3 is 10.5 Å². The van der Waals surface area contributed by atoms with Crippen LogP contribution in [0.25, 0.3) is 0 Å². The van der Waals surface area contributed by atoms with Crippen LogP contribution in [-0.2, 0) is 4.79 Å². The van der Waals surface area contributed by atoms with Crippen LogP contribution in [0.3, 0.4) is 0 Å². The van der Waals surface area contributed by atoms with Gasteiger partial charge in [0.2, 0.25) is 0 Å². The van der Waals surface area contributed by atoms with E-state index in [0.717, 1.165) is 6.29 Å². The molecule has 2 nitrogen and oxygen atoms in total. The largest absolute Gasteiger partial charge is 0.325 e. The molecule has 0 aliphatic rings. The number of aldehydes is 1. The van der Waals surface area contributed by atoms with E-state index in [1.807, 2.05) is 13.8 Å². The summed E-state index contributed by atoms with van der Waals surface area (Å²) >= 11 is 0. The molecule has 0 aromatic heterocycles. The van der Waals surface area contributed by atoms with Gasteiger partial charge in [-0.15, -0.1) is 12.4 Å². The van der Waals surface area contributed by atoms with E-state index in [2.05, 4.69) is 0 Å². The number of carbonyl (C=O) groups excluding carboxylic acids is 1. The smallest absolute Gasteiger partial charge is 0.121 e. The monoisotopic (exact) mass is 137 g/mol. The van der Waals surface area contributed by atoms with E-state index in [4.69, 9.17) is 5.73 Å². The maximum absolute atomic E-state index is 9.74. The molecule has 2 N–H and O–H groups in total. The molecule has 0 atom stereocenters. The highest BCUT2D eigenvalue weighted by atomic mass is 35.5. The predicted molar refractivity (Wildman–Crippen MR) is 36.2 cm³/mol. The average Bonchev–Trinajstić information content (AvgIpc) is 1.30. The topological polar surface area (TPSA) is 43.1 Å². The molecule has 0 radical (unpaired) electrons. The molecule has 0 spiro atoms. The summed E-state index contributed by atoms with van der Waals surface area (Å²) in [5, 5.41) is 0. The maximum Gasteiger partial charge on any atom is 0.121 e. The lowest BCUT2D eigenvalue weighted by atomic mass is 10.0. The Kier molecular flexibility index (Phi) is 5.23. The van der Waals surface area contributed by atoms with Gasteiger partial charge in [-0.3, -0.25) is 0 Å². The molecule has 0 rings (SSSR count). The Morgan fingerprint density at radius 2 is 2.00 bits per heavy atom. The zero-order chi connectivity index (χ0) is 5.91. The van der Waals surface area contributed by atoms with Crippen molar-refractivity contribution in [3.8, 4) is 0 Å². The lowest BCUT2D eigenvalue weighted by Crippen LogP contribution is -2.31. The zero-order valence-corrected chi connectivity index (χ0v) is 5.99. The Balaban J connectivity index is 0. The van der Waals surface area contributed by atoms with Crippen molar-refractivity contribution in [1.82, 2.24) is 0 Å². The fraction of sp³-hybridized carbons (Fsp3) is 0.800. The Hall–Kier alpha value is -0.0800. The molecule has 50 valence electrons. The third-order valence-corrected chi connectivity index (χ3v) is 0.609. The predicted octanol–water partition coefficient (Wildman–Crippen LogP) is 0.734. The van der Waals surface area contributed by atoms with Crippen LogP contribution in [0.1, 0.15) is 20.3 Å². The van der Waals surface area contributed by atoms with Crippen molar-refractivity contribution in [3.63, 3.8) is 0 Å². The number of hydrogen-bond donors (Lipinski definition) is 1. The zero-order valence-electron chi connectivity index (χ0n) is 5.18. The van der Waals surface area contributed by atoms with E-state index in [0.29, 0.717) is 6.42 Å². The first-order chi connectivity index (χ1) is 3.06. The van der Waals surface area contributed by atoms with E-state index < -0.39 is 0 Å². The Morgan fingerprint density at radius 1 is 1.62 bits per heavy atom. The summed E-state index contributed by atoms with van der Waals surface area (Å²) in [5.74, 6) is 0. The molecule has 0 aliphatic heterocycles. The molecule has 3 heteroatoms. The molecule has 0 heterocycles. The van der Waals surface area contributed by atoms with Crippen molar-refractivity contribution in [2.75, 3.05) is 0 Å². The van der Waals surface area contributed by atoms with Crippen molar-refractivity contribution in [2.45, 2.75) is 25.8 Å². The Labute approximate surface area is 55.9 Å². The van der Waals surface area contributed by atoms with Crippen molar-refractivity contribution >= 4 is 18.7 Å². The minimum atomic E-state index is -0.318. The Bertz CT molecular complexity index is 67.3. The van der Waals surface area contributed by atoms with Crippen LogP contribution in [0.5, 0.6) is 0 Å². The van der Waals surface area contributed by atoms with Crippen LogP contribution in [0.2, 0.25) is 0 Å². The molecule has 0 amide bonds. The summed E-state index contributed by atoms with van der Waals surface area (Å²) in [6, 6.07) is 0. The molecule has 0 aromatic carbocycles. The second-order valence-electron chi connectivity index (χ2n) is 2.36. The SMILES string of the molecule is CC(C)(N)CC=O.Cl. The third-order valence-electron chi connectivity index (χ3n) is 0.609. The van der Waals surface area contributed by atoms with Gasteiger partial charge in [0, 0.05) is 12.0 Å². The van der Waals surface area contributed by atoms with Crippen molar-refractivity contribution in [1.29, 1.82) is 0 Å². The summed E-state index contributed by atoms with van der Waals surface area (Å²) in [4.78, 5) is 9.74. The highest BCUT2D eigenvalue weighted by Gasteiger charge is 2.07. The number of halogens is 1. The molecule has 0 aliphatic carbocycles. The summed E-state index contributed by atoms with van der Waals surface area (Å²) in [6.45, 7) is 3.64. The van der Waals surface area contributed by atoms with Crippen molar-refractivity contribution in [3.05, 3.63) is 0 Å². The van der Waals surface area contributed by atoms with E-state index >= 15 is 0 Å². The highest BCUT2D eigenvalue weighted by molar-refractivity contribution is 5.85. The highest BCUT2D eigenvalue weighted by Crippen LogP contribution is 1.98. The van der Waals surface area contributed by atoms with Crippen molar-refractivity contribution in [2.24, 2.45) is 5.73 Å². The van der Waals surface area contributed by atoms with Gasteiger partial charge in [-0.2, -0.15) is 0 Å². The van der Waals surface area contributed by atoms with E-state index in [1.54, 1.807) is 0 Å². The summed E-state index contributed by atoms with van der Waals surface area (Å²) < 4.78 is 0. The molecular weight excluding hydrogens is 126 g/mol. The van der Waals surface area contributed by atoms with Gasteiger partial charge in [0.15, 0.2) is 0 Å². The lowest BCUT2D eigenvalue weighted by Gasteiger charge is -2.12. The molecule has 8 heavy (non-hydrogen) atoms. The molecular formula is C5H12ClNO. The van der Waals surface area contributed by atoms with Gasteiger partial charge in [0.1, 0.15) is 6.29 Å². The first-order valence-electron chi connectivity index (χ1n) is 2.29. The van der Waals surface area contributed by atoms with Gasteiger partial charge in [0.05, 0.1) is 0 Å². The van der Waals surface area contributed by atoms with Gasteiger partial charge >= 0.3 is 0 Å². The summed E-state index contributed by atoms with van der Waals surface area (Å²) in [5.41, 5.74) is 5.10. The molecule has 0 aromatic rings. The van der Waals surface area contributed by atoms with Crippen molar-refractivity contribution < 1.29 is 4.79 Å². The third kappa shape index (κ3) is 9.33. The summed E-state index contributed by atoms with van der Waals surface area (Å²) in [6.07, 6.45) is 1.27. The number of rotatable bonds is 2. The Morgan fingerprint density at radius 3 is 2.00 bits per heavy atom. The lowest BCUT2D eigenvalue weighted by molar-refractivity contribution is -0.108. The fourth-order valence-electron chi connectivity index (χ4n) is 0.215. The van der Waals surface area contributed by atoms with Crippen LogP contribution < -0.4 is 5.73 Å². The second-order valence-corrected chi connectivity index (χ2v) is 2.36. The molecule has 0 saturated heterocycles. The van der Waals surface area contributed by atoms with Crippen LogP contribution in [-0.4, -0.2) is 11.8 Å². The quantitative estimate of drug-likeness (QED) is 0.571. The number of hydrogen-bond acceptors (Lipinski definition) is 2. The molecule has 0 fully saturated rings. The van der Waals surface area contributed by atoms with Gasteiger partial charge in [-0.05, 0) is 13.8 Å². The van der Waals surface area contributed by atoms with E-state index in [1.165, 1.54) is 0 Å². The normalized spacial score (nSPS) is 9.88. The van der Waals surface area contributed by atoms with Crippen LogP contribution in [0.15, 0.2) is 0 Å². The fourth-order valence-corrected chi connectivity index (χ4v) is 0.215. The molecule has 0 unspecified atom stereocenters. The summed E-state index contributed by atoms with van der Waals surface area (Å²) in [7, 11) is 0. The van der Waals surface area contributed by atoms with Gasteiger partial charge in [-0.25, -0.2) is 0 Å². The average molecular weight is 138 g/mol. The minimum absolute atomic E-state index is 0. The first-order valence-corrected chi connectivity index (χ1v) is 2.29. The first kappa shape index (κ1) is 10.8. The molecule has 0 bridgehead atoms. The van der Waals surface area contributed by atoms with Gasteiger partial charge in [0.25, 0.3) is 0 Å². The van der Waals surface area contributed by atoms with Gasteiger partial charge in [-0.1, -0.05) is 0 Å². The standard InChI is InChI=1S/C5H11NO.ClH/c1-5(2,6)3-4-7;/h4H,3,6H2,1-2H3;1H. The second kappa shape index (κ2) is 3.87. The number of nitrogens with two attached hydrogens (primary N) is 1. The van der Waals surface area contributed by atoms with E-state index in [-0.39, 0.29) is 17.9 Å². The maximum atomic E-state index is 9.74. The minimum Gasteiger partial charge on any atom is -0.325 e. The number of carbonyl (C=O) groups is 1.